The first-order valence-corrected chi connectivity index (χ1v) is 12.0. The molecule has 1 aromatic heterocycles. The molecule has 4 rings (SSSR count). The summed E-state index contributed by atoms with van der Waals surface area (Å²) < 4.78 is 7.37. The number of carbonyl (C=O) groups excluding carboxylic acids is 2. The summed E-state index contributed by atoms with van der Waals surface area (Å²) in [6.45, 7) is 3.01. The lowest BCUT2D eigenvalue weighted by atomic mass is 9.89. The Morgan fingerprint density at radius 2 is 1.94 bits per heavy atom. The molecule has 1 aliphatic heterocycles. The van der Waals surface area contributed by atoms with Crippen LogP contribution >= 0.6 is 27.3 Å². The molecule has 8 heteroatoms. The molecule has 0 saturated carbocycles. The van der Waals surface area contributed by atoms with E-state index in [1.54, 1.807) is 16.8 Å². The van der Waals surface area contributed by atoms with Crippen molar-refractivity contribution in [3.8, 4) is 0 Å². The molecule has 0 unspecified atom stereocenters. The number of ketones is 1. The fourth-order valence-electron chi connectivity index (χ4n) is 3.81. The average Bonchev–Trinajstić information content (AvgIpc) is 3.25. The van der Waals surface area contributed by atoms with Crippen molar-refractivity contribution >= 4 is 55.0 Å². The number of nitrogens with zero attached hydrogens (tertiary/aromatic N) is 2. The highest BCUT2D eigenvalue weighted by Gasteiger charge is 2.25. The van der Waals surface area contributed by atoms with Gasteiger partial charge in [-0.25, -0.2) is 9.78 Å². The summed E-state index contributed by atoms with van der Waals surface area (Å²) in [5.41, 5.74) is 4.12. The number of Topliss-reactive ketones (excluding diaryl/α,β-unsaturated/α-hetero) is 1. The number of hydrogen-bond acceptors (Lipinski definition) is 6. The van der Waals surface area contributed by atoms with Gasteiger partial charge in [0.15, 0.2) is 5.78 Å². The van der Waals surface area contributed by atoms with Crippen LogP contribution in [0.3, 0.4) is 0 Å². The summed E-state index contributed by atoms with van der Waals surface area (Å²) in [5.74, 6) is 0.331. The molecule has 2 heterocycles. The van der Waals surface area contributed by atoms with Crippen molar-refractivity contribution in [3.05, 3.63) is 58.0 Å². The second-order valence-electron chi connectivity index (χ2n) is 7.64. The number of fused-ring (bicyclic) bond motifs is 1. The van der Waals surface area contributed by atoms with Crippen LogP contribution in [0.5, 0.6) is 0 Å². The summed E-state index contributed by atoms with van der Waals surface area (Å²) in [6.07, 6.45) is 2.06. The van der Waals surface area contributed by atoms with Crippen molar-refractivity contribution in [2.45, 2.75) is 19.3 Å². The summed E-state index contributed by atoms with van der Waals surface area (Å²) in [4.78, 5) is 31.2. The van der Waals surface area contributed by atoms with Crippen LogP contribution in [0.15, 0.2) is 52.4 Å². The predicted octanol–water partition coefficient (Wildman–Crippen LogP) is 5.59. The van der Waals surface area contributed by atoms with Gasteiger partial charge in [0.1, 0.15) is 0 Å². The number of benzene rings is 2. The van der Waals surface area contributed by atoms with Crippen molar-refractivity contribution in [2.75, 3.05) is 31.6 Å². The van der Waals surface area contributed by atoms with Crippen molar-refractivity contribution in [1.29, 1.82) is 0 Å². The first-order chi connectivity index (χ1) is 15.1. The molecule has 1 saturated heterocycles. The van der Waals surface area contributed by atoms with E-state index < -0.39 is 6.09 Å². The summed E-state index contributed by atoms with van der Waals surface area (Å²) in [5, 5.41) is 2.75. The monoisotopic (exact) mass is 501 g/mol. The van der Waals surface area contributed by atoms with Gasteiger partial charge in [-0.05, 0) is 62.7 Å². The molecule has 162 valence electrons. The van der Waals surface area contributed by atoms with Gasteiger partial charge in [-0.15, -0.1) is 11.3 Å². The lowest BCUT2D eigenvalue weighted by Gasteiger charge is -2.31. The largest absolute Gasteiger partial charge is 0.449 e. The second-order valence-corrected chi connectivity index (χ2v) is 9.44. The fourth-order valence-corrected chi connectivity index (χ4v) is 4.73. The molecule has 1 aliphatic rings. The number of anilines is 1. The van der Waals surface area contributed by atoms with E-state index in [1.165, 1.54) is 0 Å². The van der Waals surface area contributed by atoms with Crippen LogP contribution in [0.4, 0.5) is 10.5 Å². The normalized spacial score (nSPS) is 15.1. The van der Waals surface area contributed by atoms with Gasteiger partial charge in [0.25, 0.3) is 0 Å². The van der Waals surface area contributed by atoms with E-state index >= 15 is 0 Å². The molecule has 6 nitrogen and oxygen atoms in total. The van der Waals surface area contributed by atoms with Crippen LogP contribution in [0.2, 0.25) is 0 Å². The Balaban J connectivity index is 1.13. The van der Waals surface area contributed by atoms with Crippen molar-refractivity contribution in [2.24, 2.45) is 5.92 Å². The number of amides is 1. The molecule has 0 atom stereocenters. The second kappa shape index (κ2) is 10.3. The molecule has 0 radical (unpaired) electrons. The molecule has 1 fully saturated rings. The Labute approximate surface area is 193 Å². The maximum Gasteiger partial charge on any atom is 0.411 e. The number of carbonyl (C=O) groups is 2. The lowest BCUT2D eigenvalue weighted by Crippen LogP contribution is -2.37. The van der Waals surface area contributed by atoms with Crippen LogP contribution in [-0.2, 0) is 4.74 Å². The highest BCUT2D eigenvalue weighted by molar-refractivity contribution is 9.10. The molecule has 2 aromatic carbocycles. The number of nitrogens with one attached hydrogen (secondary N) is 1. The Kier molecular flexibility index (Phi) is 7.32. The van der Waals surface area contributed by atoms with Crippen LogP contribution < -0.4 is 5.32 Å². The highest BCUT2D eigenvalue weighted by atomic mass is 79.9. The van der Waals surface area contributed by atoms with E-state index in [9.17, 15) is 9.59 Å². The van der Waals surface area contributed by atoms with Crippen LogP contribution in [0, 0.1) is 5.92 Å². The zero-order chi connectivity index (χ0) is 21.6. The molecule has 1 amide bonds. The minimum absolute atomic E-state index is 0.0921. The zero-order valence-electron chi connectivity index (χ0n) is 17.1. The minimum Gasteiger partial charge on any atom is -0.449 e. The van der Waals surface area contributed by atoms with E-state index in [4.69, 9.17) is 4.74 Å². The fraction of sp³-hybridized carbons (Fsp3) is 0.348. The number of piperidine rings is 1. The molecule has 0 bridgehead atoms. The van der Waals surface area contributed by atoms with Crippen molar-refractivity contribution < 1.29 is 14.3 Å². The number of hydrogen-bond donors (Lipinski definition) is 1. The number of likely N-dealkylation sites (tertiary alicyclic amines) is 1. The first kappa shape index (κ1) is 21.9. The van der Waals surface area contributed by atoms with Gasteiger partial charge in [-0.3, -0.25) is 10.1 Å². The number of aromatic nitrogens is 1. The summed E-state index contributed by atoms with van der Waals surface area (Å²) in [6, 6.07) is 13.2. The SMILES string of the molecule is O=C(Nc1ccc2scnc2c1)OCCCN1CCC(C(=O)c2ccc(Br)cc2)CC1. The van der Waals surface area contributed by atoms with Gasteiger partial charge in [-0.2, -0.15) is 0 Å². The summed E-state index contributed by atoms with van der Waals surface area (Å²) >= 11 is 4.97. The van der Waals surface area contributed by atoms with Gasteiger partial charge >= 0.3 is 6.09 Å². The first-order valence-electron chi connectivity index (χ1n) is 10.4. The van der Waals surface area contributed by atoms with Crippen molar-refractivity contribution in [1.82, 2.24) is 9.88 Å². The molecule has 1 N–H and O–H groups in total. The van der Waals surface area contributed by atoms with Crippen LogP contribution in [0.1, 0.15) is 29.6 Å². The third-order valence-corrected chi connectivity index (χ3v) is 6.85. The van der Waals surface area contributed by atoms with E-state index in [0.717, 1.165) is 59.1 Å². The van der Waals surface area contributed by atoms with Gasteiger partial charge in [0, 0.05) is 28.2 Å². The Hall–Kier alpha value is -2.29. The van der Waals surface area contributed by atoms with E-state index in [2.05, 4.69) is 31.1 Å². The molecular weight excluding hydrogens is 478 g/mol. The van der Waals surface area contributed by atoms with Crippen LogP contribution in [0.25, 0.3) is 10.2 Å². The molecule has 3 aromatic rings. The number of rotatable bonds is 7. The Morgan fingerprint density at radius 1 is 1.16 bits per heavy atom. The van der Waals surface area contributed by atoms with Gasteiger partial charge < -0.3 is 9.64 Å². The molecular formula is C23H24BrN3O3S. The van der Waals surface area contributed by atoms with Crippen molar-refractivity contribution in [3.63, 3.8) is 0 Å². The van der Waals surface area contributed by atoms with E-state index in [0.29, 0.717) is 12.3 Å². The van der Waals surface area contributed by atoms with Gasteiger partial charge in [0.05, 0.1) is 22.3 Å². The van der Waals surface area contributed by atoms with Gasteiger partial charge in [-0.1, -0.05) is 28.1 Å². The van der Waals surface area contributed by atoms with E-state index in [-0.39, 0.29) is 11.7 Å². The number of halogens is 1. The Bertz CT molecular complexity index is 1050. The highest BCUT2D eigenvalue weighted by Crippen LogP contribution is 2.23. The molecule has 0 aliphatic carbocycles. The predicted molar refractivity (Wildman–Crippen MR) is 127 cm³/mol. The van der Waals surface area contributed by atoms with Crippen LogP contribution in [-0.4, -0.2) is 48.0 Å². The third kappa shape index (κ3) is 5.90. The van der Waals surface area contributed by atoms with E-state index in [1.807, 2.05) is 42.5 Å². The Morgan fingerprint density at radius 3 is 2.71 bits per heavy atom. The number of ether oxygens (including phenoxy) is 1. The molecule has 31 heavy (non-hydrogen) atoms. The quantitative estimate of drug-likeness (QED) is 0.337. The average molecular weight is 502 g/mol. The minimum atomic E-state index is -0.451. The maximum atomic E-state index is 12.7. The zero-order valence-corrected chi connectivity index (χ0v) is 19.5. The van der Waals surface area contributed by atoms with Gasteiger partial charge in [0.2, 0.25) is 0 Å². The third-order valence-electron chi connectivity index (χ3n) is 5.52. The number of thiazole rings is 1. The smallest absolute Gasteiger partial charge is 0.411 e. The summed E-state index contributed by atoms with van der Waals surface area (Å²) in [7, 11) is 0. The maximum absolute atomic E-state index is 12.7. The molecule has 0 spiro atoms. The lowest BCUT2D eigenvalue weighted by molar-refractivity contribution is 0.0830. The standard InChI is InChI=1S/C23H24BrN3O3S/c24-18-4-2-16(3-5-18)22(28)17-8-11-27(12-9-17)10-1-13-30-23(29)26-19-6-7-21-20(14-19)25-15-31-21/h2-7,14-15,17H,1,8-13H2,(H,26,29). The topological polar surface area (TPSA) is 71.5 Å².